The molecule has 0 aromatic carbocycles. The quantitative estimate of drug-likeness (QED) is 0.646. The maximum atomic E-state index is 4.35. The molecule has 0 unspecified atom stereocenters. The second-order valence-corrected chi connectivity index (χ2v) is 3.71. The van der Waals surface area contributed by atoms with Crippen molar-refractivity contribution < 1.29 is 0 Å². The third-order valence-corrected chi connectivity index (χ3v) is 2.45. The van der Waals surface area contributed by atoms with Gasteiger partial charge in [0, 0.05) is 11.9 Å². The summed E-state index contributed by atoms with van der Waals surface area (Å²) in [4.78, 5) is 4.35. The van der Waals surface area contributed by atoms with E-state index in [4.69, 9.17) is 0 Å². The largest absolute Gasteiger partial charge is 0.320 e. The molecule has 0 aromatic rings. The third kappa shape index (κ3) is 4.23. The van der Waals surface area contributed by atoms with Gasteiger partial charge in [-0.1, -0.05) is 5.57 Å². The van der Waals surface area contributed by atoms with Crippen LogP contribution in [0, 0.1) is 0 Å². The smallest absolute Gasteiger partial charge is 0.0259 e. The average molecular weight is 180 g/mol. The van der Waals surface area contributed by atoms with Crippen molar-refractivity contribution in [3.8, 4) is 0 Å². The van der Waals surface area contributed by atoms with Gasteiger partial charge in [0.15, 0.2) is 0 Å². The molecule has 0 bridgehead atoms. The summed E-state index contributed by atoms with van der Waals surface area (Å²) in [5, 5.41) is 3.17. The van der Waals surface area contributed by atoms with Gasteiger partial charge in [-0.25, -0.2) is 0 Å². The lowest BCUT2D eigenvalue weighted by Crippen LogP contribution is -2.07. The molecule has 2 nitrogen and oxygen atoms in total. The lowest BCUT2D eigenvalue weighted by atomic mass is 10.0. The predicted molar refractivity (Wildman–Crippen MR) is 58.2 cm³/mol. The van der Waals surface area contributed by atoms with Crippen LogP contribution in [0.1, 0.15) is 39.0 Å². The summed E-state index contributed by atoms with van der Waals surface area (Å²) >= 11 is 0. The lowest BCUT2D eigenvalue weighted by molar-refractivity contribution is 0.663. The molecule has 0 atom stereocenters. The number of allylic oxidation sites excluding steroid dienone is 1. The highest BCUT2D eigenvalue weighted by molar-refractivity contribution is 5.83. The Balaban J connectivity index is 2.15. The number of aliphatic imine (C=N–C) groups is 1. The van der Waals surface area contributed by atoms with E-state index in [1.54, 1.807) is 0 Å². The van der Waals surface area contributed by atoms with Crippen molar-refractivity contribution in [2.75, 3.05) is 13.6 Å². The van der Waals surface area contributed by atoms with Gasteiger partial charge in [-0.15, -0.1) is 0 Å². The van der Waals surface area contributed by atoms with Crippen LogP contribution in [0.25, 0.3) is 0 Å². The van der Waals surface area contributed by atoms with Crippen LogP contribution in [0.15, 0.2) is 16.8 Å². The Morgan fingerprint density at radius 2 is 2.23 bits per heavy atom. The van der Waals surface area contributed by atoms with E-state index in [-0.39, 0.29) is 0 Å². The Morgan fingerprint density at radius 1 is 1.38 bits per heavy atom. The highest BCUT2D eigenvalue weighted by Crippen LogP contribution is 2.17. The zero-order valence-corrected chi connectivity index (χ0v) is 8.77. The molecule has 1 N–H and O–H groups in total. The number of hydrogen-bond donors (Lipinski definition) is 1. The summed E-state index contributed by atoms with van der Waals surface area (Å²) in [6, 6.07) is 0. The molecule has 13 heavy (non-hydrogen) atoms. The van der Waals surface area contributed by atoms with Crippen molar-refractivity contribution in [1.82, 2.24) is 5.32 Å². The van der Waals surface area contributed by atoms with Crippen LogP contribution in [0.2, 0.25) is 0 Å². The molecule has 0 saturated heterocycles. The number of unbranched alkanes of at least 4 members (excludes halogenated alkanes) is 1. The maximum absolute atomic E-state index is 4.35. The Morgan fingerprint density at radius 3 is 2.85 bits per heavy atom. The average Bonchev–Trinajstić information content (AvgIpc) is 2.15. The summed E-state index contributed by atoms with van der Waals surface area (Å²) < 4.78 is 0. The molecule has 0 aromatic heterocycles. The van der Waals surface area contributed by atoms with Crippen LogP contribution in [0.3, 0.4) is 0 Å². The van der Waals surface area contributed by atoms with E-state index in [2.05, 4.69) is 23.4 Å². The monoisotopic (exact) mass is 180 g/mol. The van der Waals surface area contributed by atoms with E-state index in [0.29, 0.717) is 0 Å². The number of nitrogens with zero attached hydrogens (tertiary/aromatic N) is 1. The van der Waals surface area contributed by atoms with E-state index in [1.807, 2.05) is 7.05 Å². The normalized spacial score (nSPS) is 16.8. The fourth-order valence-corrected chi connectivity index (χ4v) is 1.52. The Hall–Kier alpha value is -0.630. The van der Waals surface area contributed by atoms with Gasteiger partial charge in [0.2, 0.25) is 0 Å². The number of nitrogens with one attached hydrogen (secondary N) is 1. The lowest BCUT2D eigenvalue weighted by Gasteiger charge is -2.10. The van der Waals surface area contributed by atoms with Crippen molar-refractivity contribution in [3.05, 3.63) is 11.8 Å². The molecular weight excluding hydrogens is 160 g/mol. The minimum Gasteiger partial charge on any atom is -0.320 e. The number of hydrogen-bond acceptors (Lipinski definition) is 2. The Labute approximate surface area is 81.1 Å². The van der Waals surface area contributed by atoms with E-state index in [9.17, 15) is 0 Å². The fraction of sp³-hybridized carbons (Fsp3) is 0.727. The van der Waals surface area contributed by atoms with Crippen LogP contribution >= 0.6 is 0 Å². The van der Waals surface area contributed by atoms with Crippen molar-refractivity contribution in [3.63, 3.8) is 0 Å². The molecular formula is C11H20N2. The topological polar surface area (TPSA) is 24.4 Å². The molecule has 0 saturated carbocycles. The van der Waals surface area contributed by atoms with Gasteiger partial charge < -0.3 is 5.32 Å². The zero-order chi connectivity index (χ0) is 9.52. The van der Waals surface area contributed by atoms with Gasteiger partial charge in [-0.2, -0.15) is 0 Å². The Kier molecular flexibility index (Phi) is 4.76. The van der Waals surface area contributed by atoms with E-state index in [0.717, 1.165) is 13.0 Å². The maximum Gasteiger partial charge on any atom is 0.0259 e. The first-order valence-corrected chi connectivity index (χ1v) is 5.18. The molecule has 0 fully saturated rings. The molecule has 1 rings (SSSR count). The van der Waals surface area contributed by atoms with Gasteiger partial charge in [0.25, 0.3) is 0 Å². The van der Waals surface area contributed by atoms with Crippen molar-refractivity contribution in [2.45, 2.75) is 39.0 Å². The molecule has 1 aliphatic heterocycles. The minimum absolute atomic E-state index is 1.13. The summed E-state index contributed by atoms with van der Waals surface area (Å²) in [6.07, 6.45) is 8.27. The second kappa shape index (κ2) is 5.92. The highest BCUT2D eigenvalue weighted by Gasteiger charge is 2.03. The van der Waals surface area contributed by atoms with Crippen molar-refractivity contribution in [2.24, 2.45) is 4.99 Å². The zero-order valence-electron chi connectivity index (χ0n) is 8.77. The van der Waals surface area contributed by atoms with E-state index in [1.165, 1.54) is 37.0 Å². The first kappa shape index (κ1) is 10.5. The molecule has 1 heterocycles. The fourth-order valence-electron chi connectivity index (χ4n) is 1.52. The highest BCUT2D eigenvalue weighted by atomic mass is 14.8. The third-order valence-electron chi connectivity index (χ3n) is 2.45. The molecule has 0 spiro atoms. The molecule has 0 aliphatic carbocycles. The Bertz CT molecular complexity index is 204. The van der Waals surface area contributed by atoms with Gasteiger partial charge in [-0.3, -0.25) is 4.99 Å². The first-order chi connectivity index (χ1) is 6.33. The molecule has 74 valence electrons. The van der Waals surface area contributed by atoms with Crippen LogP contribution in [0.4, 0.5) is 0 Å². The molecule has 1 aliphatic rings. The van der Waals surface area contributed by atoms with E-state index < -0.39 is 0 Å². The van der Waals surface area contributed by atoms with Gasteiger partial charge >= 0.3 is 0 Å². The van der Waals surface area contributed by atoms with Crippen LogP contribution in [0.5, 0.6) is 0 Å². The summed E-state index contributed by atoms with van der Waals surface area (Å²) in [5.74, 6) is 0. The van der Waals surface area contributed by atoms with Gasteiger partial charge in [0.05, 0.1) is 0 Å². The second-order valence-electron chi connectivity index (χ2n) is 3.71. The number of rotatable bonds is 5. The van der Waals surface area contributed by atoms with Crippen molar-refractivity contribution >= 4 is 5.71 Å². The van der Waals surface area contributed by atoms with E-state index >= 15 is 0 Å². The standard InChI is InChI=1S/C11H20N2/c1-10-6-7-11(9-13-10)5-3-4-8-12-2/h9,12H,3-8H2,1-2H3. The first-order valence-electron chi connectivity index (χ1n) is 5.18. The summed E-state index contributed by atoms with van der Waals surface area (Å²) in [7, 11) is 2.01. The van der Waals surface area contributed by atoms with Gasteiger partial charge in [-0.05, 0) is 52.6 Å². The summed E-state index contributed by atoms with van der Waals surface area (Å²) in [6.45, 7) is 3.24. The molecule has 0 amide bonds. The molecule has 2 heteroatoms. The van der Waals surface area contributed by atoms with Gasteiger partial charge in [0.1, 0.15) is 0 Å². The predicted octanol–water partition coefficient (Wildman–Crippen LogP) is 2.51. The molecule has 0 radical (unpaired) electrons. The minimum atomic E-state index is 1.13. The van der Waals surface area contributed by atoms with Crippen LogP contribution < -0.4 is 5.32 Å². The summed E-state index contributed by atoms with van der Waals surface area (Å²) in [5.41, 5.74) is 2.81. The van der Waals surface area contributed by atoms with Crippen molar-refractivity contribution in [1.29, 1.82) is 0 Å². The van der Waals surface area contributed by atoms with Crippen LogP contribution in [-0.4, -0.2) is 19.3 Å². The SMILES string of the molecule is CNCCCCC1=CN=C(C)CC1. The van der Waals surface area contributed by atoms with Crippen LogP contribution in [-0.2, 0) is 0 Å².